The average molecular weight is 332 g/mol. The molecule has 1 aliphatic rings. The molecule has 1 atom stereocenters. The third-order valence-electron chi connectivity index (χ3n) is 4.52. The van der Waals surface area contributed by atoms with E-state index in [-0.39, 0.29) is 17.9 Å². The van der Waals surface area contributed by atoms with E-state index >= 15 is 0 Å². The van der Waals surface area contributed by atoms with Crippen molar-refractivity contribution in [3.63, 3.8) is 0 Å². The Kier molecular flexibility index (Phi) is 7.09. The van der Waals surface area contributed by atoms with E-state index in [0.717, 1.165) is 38.0 Å². The first-order valence-electron chi connectivity index (χ1n) is 8.77. The van der Waals surface area contributed by atoms with Crippen LogP contribution in [0.5, 0.6) is 5.75 Å². The first-order valence-corrected chi connectivity index (χ1v) is 8.77. The van der Waals surface area contributed by atoms with Crippen LogP contribution in [-0.2, 0) is 9.59 Å². The molecule has 1 aliphatic heterocycles. The first kappa shape index (κ1) is 18.3. The number of amides is 2. The number of benzene rings is 1. The highest BCUT2D eigenvalue weighted by Crippen LogP contribution is 2.20. The molecule has 0 bridgehead atoms. The maximum Gasteiger partial charge on any atom is 0.224 e. The second-order valence-corrected chi connectivity index (χ2v) is 6.40. The minimum atomic E-state index is 0.0618. The minimum Gasteiger partial charge on any atom is -0.494 e. The van der Waals surface area contributed by atoms with Gasteiger partial charge in [-0.05, 0) is 37.8 Å². The van der Waals surface area contributed by atoms with E-state index in [2.05, 4.69) is 0 Å². The summed E-state index contributed by atoms with van der Waals surface area (Å²) in [6.07, 6.45) is 4.28. The highest BCUT2D eigenvalue weighted by atomic mass is 16.5. The van der Waals surface area contributed by atoms with E-state index in [1.165, 1.54) is 0 Å². The number of ether oxygens (including phenoxy) is 1. The lowest BCUT2D eigenvalue weighted by Crippen LogP contribution is -2.45. The number of likely N-dealkylation sites (tertiary alicyclic amines) is 1. The molecule has 1 aromatic carbocycles. The van der Waals surface area contributed by atoms with Gasteiger partial charge in [0.2, 0.25) is 11.8 Å². The zero-order valence-electron chi connectivity index (χ0n) is 14.7. The third kappa shape index (κ3) is 5.55. The first-order chi connectivity index (χ1) is 11.6. The van der Waals surface area contributed by atoms with E-state index in [1.807, 2.05) is 42.3 Å². The molecule has 1 saturated heterocycles. The van der Waals surface area contributed by atoms with Crippen molar-refractivity contribution in [1.29, 1.82) is 0 Å². The van der Waals surface area contributed by atoms with Crippen molar-refractivity contribution < 1.29 is 14.3 Å². The zero-order chi connectivity index (χ0) is 17.4. The highest BCUT2D eigenvalue weighted by Gasteiger charge is 2.27. The topological polar surface area (TPSA) is 49.9 Å². The van der Waals surface area contributed by atoms with Gasteiger partial charge in [-0.1, -0.05) is 18.2 Å². The standard InChI is InChI=1S/C19H28N2O3/c1-16(22)21-13-7-6-9-17(21)15-19(23)20(2)12-8-14-24-18-10-4-3-5-11-18/h3-5,10-11,17H,6-9,12-15H2,1-2H3/t17-/m0/s1. The molecule has 5 nitrogen and oxygen atoms in total. The lowest BCUT2D eigenvalue weighted by Gasteiger charge is -2.35. The quantitative estimate of drug-likeness (QED) is 0.721. The predicted octanol–water partition coefficient (Wildman–Crippen LogP) is 2.71. The highest BCUT2D eigenvalue weighted by molar-refractivity contribution is 5.78. The maximum absolute atomic E-state index is 12.4. The normalized spacial score (nSPS) is 17.4. The molecule has 24 heavy (non-hydrogen) atoms. The molecule has 0 radical (unpaired) electrons. The molecule has 1 fully saturated rings. The molecular formula is C19H28N2O3. The van der Waals surface area contributed by atoms with Gasteiger partial charge in [-0.3, -0.25) is 9.59 Å². The van der Waals surface area contributed by atoms with Crippen molar-refractivity contribution >= 4 is 11.8 Å². The number of hydrogen-bond acceptors (Lipinski definition) is 3. The lowest BCUT2D eigenvalue weighted by molar-refractivity contribution is -0.136. The number of nitrogens with zero attached hydrogens (tertiary/aromatic N) is 2. The molecule has 0 aliphatic carbocycles. The van der Waals surface area contributed by atoms with Crippen molar-refractivity contribution in [2.75, 3.05) is 26.7 Å². The summed E-state index contributed by atoms with van der Waals surface area (Å²) in [6, 6.07) is 9.75. The van der Waals surface area contributed by atoms with E-state index in [1.54, 1.807) is 11.8 Å². The molecule has 0 N–H and O–H groups in total. The molecule has 0 spiro atoms. The number of para-hydroxylation sites is 1. The molecule has 0 unspecified atom stereocenters. The van der Waals surface area contributed by atoms with E-state index in [4.69, 9.17) is 4.74 Å². The maximum atomic E-state index is 12.4. The van der Waals surface area contributed by atoms with Crippen molar-refractivity contribution in [3.05, 3.63) is 30.3 Å². The molecule has 1 aromatic rings. The fraction of sp³-hybridized carbons (Fsp3) is 0.579. The predicted molar refractivity (Wildman–Crippen MR) is 93.8 cm³/mol. The summed E-state index contributed by atoms with van der Waals surface area (Å²) >= 11 is 0. The van der Waals surface area contributed by atoms with Crippen LogP contribution in [0, 0.1) is 0 Å². The van der Waals surface area contributed by atoms with Gasteiger partial charge in [0.1, 0.15) is 5.75 Å². The second kappa shape index (κ2) is 9.30. The Hall–Kier alpha value is -2.04. The third-order valence-corrected chi connectivity index (χ3v) is 4.52. The van der Waals surface area contributed by atoms with Gasteiger partial charge in [-0.25, -0.2) is 0 Å². The Morgan fingerprint density at radius 2 is 2.00 bits per heavy atom. The SMILES string of the molecule is CC(=O)N1CCCC[C@H]1CC(=O)N(C)CCCOc1ccccc1. The Bertz CT molecular complexity index is 533. The van der Waals surface area contributed by atoms with Crippen LogP contribution in [0.1, 0.15) is 39.0 Å². The Morgan fingerprint density at radius 3 is 2.71 bits per heavy atom. The van der Waals surface area contributed by atoms with Crippen molar-refractivity contribution in [2.24, 2.45) is 0 Å². The molecular weight excluding hydrogens is 304 g/mol. The number of rotatable bonds is 7. The average Bonchev–Trinajstić information content (AvgIpc) is 2.59. The summed E-state index contributed by atoms with van der Waals surface area (Å²) in [4.78, 5) is 27.7. The Labute approximate surface area is 144 Å². The zero-order valence-corrected chi connectivity index (χ0v) is 14.7. The monoisotopic (exact) mass is 332 g/mol. The van der Waals surface area contributed by atoms with Crippen LogP contribution in [-0.4, -0.2) is 54.4 Å². The van der Waals surface area contributed by atoms with Crippen LogP contribution in [0.2, 0.25) is 0 Å². The summed E-state index contributed by atoms with van der Waals surface area (Å²) in [5, 5.41) is 0. The van der Waals surface area contributed by atoms with Crippen molar-refractivity contribution in [3.8, 4) is 5.75 Å². The summed E-state index contributed by atoms with van der Waals surface area (Å²) in [5.41, 5.74) is 0. The summed E-state index contributed by atoms with van der Waals surface area (Å²) < 4.78 is 5.64. The fourth-order valence-corrected chi connectivity index (χ4v) is 3.12. The van der Waals surface area contributed by atoms with Crippen LogP contribution in [0.3, 0.4) is 0 Å². The summed E-state index contributed by atoms with van der Waals surface area (Å²) in [5.74, 6) is 1.03. The van der Waals surface area contributed by atoms with Crippen LogP contribution in [0.4, 0.5) is 0 Å². The van der Waals surface area contributed by atoms with E-state index < -0.39 is 0 Å². The second-order valence-electron chi connectivity index (χ2n) is 6.40. The minimum absolute atomic E-state index is 0.0618. The molecule has 2 amide bonds. The Balaban J connectivity index is 1.70. The Morgan fingerprint density at radius 1 is 1.25 bits per heavy atom. The molecule has 1 heterocycles. The van der Waals surface area contributed by atoms with E-state index in [0.29, 0.717) is 19.6 Å². The number of piperidine rings is 1. The van der Waals surface area contributed by atoms with Crippen molar-refractivity contribution in [2.45, 2.75) is 45.1 Å². The van der Waals surface area contributed by atoms with Gasteiger partial charge in [0.25, 0.3) is 0 Å². The summed E-state index contributed by atoms with van der Waals surface area (Å²) in [6.45, 7) is 3.62. The van der Waals surface area contributed by atoms with Gasteiger partial charge in [0.05, 0.1) is 6.61 Å². The van der Waals surface area contributed by atoms with E-state index in [9.17, 15) is 9.59 Å². The van der Waals surface area contributed by atoms with Crippen LogP contribution in [0.15, 0.2) is 30.3 Å². The number of carbonyl (C=O) groups excluding carboxylic acids is 2. The molecule has 2 rings (SSSR count). The molecule has 0 aromatic heterocycles. The van der Waals surface area contributed by atoms with Gasteiger partial charge in [-0.15, -0.1) is 0 Å². The largest absolute Gasteiger partial charge is 0.494 e. The van der Waals surface area contributed by atoms with Crippen LogP contribution >= 0.6 is 0 Å². The van der Waals surface area contributed by atoms with Gasteiger partial charge >= 0.3 is 0 Å². The fourth-order valence-electron chi connectivity index (χ4n) is 3.12. The number of hydrogen-bond donors (Lipinski definition) is 0. The smallest absolute Gasteiger partial charge is 0.224 e. The molecule has 0 saturated carbocycles. The van der Waals surface area contributed by atoms with Crippen molar-refractivity contribution in [1.82, 2.24) is 9.80 Å². The van der Waals surface area contributed by atoms with Gasteiger partial charge < -0.3 is 14.5 Å². The molecule has 132 valence electrons. The van der Waals surface area contributed by atoms with Gasteiger partial charge in [-0.2, -0.15) is 0 Å². The van der Waals surface area contributed by atoms with Gasteiger partial charge in [0.15, 0.2) is 0 Å². The summed E-state index contributed by atoms with van der Waals surface area (Å²) in [7, 11) is 1.83. The molecule has 5 heteroatoms. The van der Waals surface area contributed by atoms with Gasteiger partial charge in [0, 0.05) is 39.5 Å². The van der Waals surface area contributed by atoms with Crippen LogP contribution < -0.4 is 4.74 Å². The lowest BCUT2D eigenvalue weighted by atomic mass is 9.98. The number of carbonyl (C=O) groups is 2. The van der Waals surface area contributed by atoms with Crippen LogP contribution in [0.25, 0.3) is 0 Å².